The number of carbonyl (C=O) groups is 1. The lowest BCUT2D eigenvalue weighted by atomic mass is 10.1. The number of thioether (sulfide) groups is 1. The molecule has 20 heavy (non-hydrogen) atoms. The summed E-state index contributed by atoms with van der Waals surface area (Å²) in [5.41, 5.74) is 3.11. The standard InChI is InChI=1S/C15H16N2O2S/c1-10-9-11(2)17-14(13(10)15(18)19)20-8-5-12-3-6-16-7-4-12/h3-4,6-7,9H,5,8H2,1-2H3,(H,18,19). The van der Waals surface area contributed by atoms with Crippen molar-refractivity contribution in [1.29, 1.82) is 0 Å². The molecule has 2 aromatic rings. The molecule has 0 aromatic carbocycles. The van der Waals surface area contributed by atoms with E-state index in [0.29, 0.717) is 10.6 Å². The number of pyridine rings is 2. The zero-order valence-corrected chi connectivity index (χ0v) is 12.3. The normalized spacial score (nSPS) is 10.5. The lowest BCUT2D eigenvalue weighted by Crippen LogP contribution is -2.06. The summed E-state index contributed by atoms with van der Waals surface area (Å²) in [6, 6.07) is 5.73. The molecule has 2 heterocycles. The molecule has 0 aliphatic heterocycles. The summed E-state index contributed by atoms with van der Waals surface area (Å²) in [6.45, 7) is 3.69. The van der Waals surface area contributed by atoms with Crippen molar-refractivity contribution in [1.82, 2.24) is 9.97 Å². The van der Waals surface area contributed by atoms with Gasteiger partial charge in [-0.3, -0.25) is 4.98 Å². The minimum absolute atomic E-state index is 0.315. The molecule has 0 bridgehead atoms. The summed E-state index contributed by atoms with van der Waals surface area (Å²) in [5, 5.41) is 9.89. The first kappa shape index (κ1) is 14.5. The second-order valence-corrected chi connectivity index (χ2v) is 5.60. The third kappa shape index (κ3) is 3.57. The highest BCUT2D eigenvalue weighted by molar-refractivity contribution is 7.99. The van der Waals surface area contributed by atoms with Gasteiger partial charge in [0.1, 0.15) is 5.03 Å². The van der Waals surface area contributed by atoms with Crippen LogP contribution in [0.3, 0.4) is 0 Å². The van der Waals surface area contributed by atoms with Crippen LogP contribution in [0.1, 0.15) is 27.2 Å². The second kappa shape index (κ2) is 6.52. The molecule has 0 aliphatic carbocycles. The molecule has 0 amide bonds. The summed E-state index contributed by atoms with van der Waals surface area (Å²) < 4.78 is 0. The Hall–Kier alpha value is -1.88. The molecule has 2 aromatic heterocycles. The van der Waals surface area contributed by atoms with Gasteiger partial charge in [0.15, 0.2) is 0 Å². The summed E-state index contributed by atoms with van der Waals surface area (Å²) in [7, 11) is 0. The molecule has 104 valence electrons. The molecule has 1 N–H and O–H groups in total. The van der Waals surface area contributed by atoms with E-state index in [1.807, 2.05) is 26.0 Å². The number of carboxylic acid groups (broad SMARTS) is 1. The van der Waals surface area contributed by atoms with E-state index in [0.717, 1.165) is 23.4 Å². The highest BCUT2D eigenvalue weighted by atomic mass is 32.2. The summed E-state index contributed by atoms with van der Waals surface area (Å²) >= 11 is 1.49. The molecule has 0 saturated carbocycles. The lowest BCUT2D eigenvalue weighted by Gasteiger charge is -2.09. The van der Waals surface area contributed by atoms with Gasteiger partial charge in [0, 0.05) is 23.8 Å². The molecule has 0 spiro atoms. The van der Waals surface area contributed by atoms with Gasteiger partial charge in [0.25, 0.3) is 0 Å². The Bertz CT molecular complexity index is 615. The minimum Gasteiger partial charge on any atom is -0.478 e. The zero-order chi connectivity index (χ0) is 14.5. The van der Waals surface area contributed by atoms with Gasteiger partial charge in [-0.2, -0.15) is 0 Å². The van der Waals surface area contributed by atoms with Gasteiger partial charge in [-0.25, -0.2) is 9.78 Å². The fourth-order valence-corrected chi connectivity index (χ4v) is 3.11. The number of aromatic nitrogens is 2. The first-order chi connectivity index (χ1) is 9.58. The van der Waals surface area contributed by atoms with E-state index in [1.54, 1.807) is 18.5 Å². The van der Waals surface area contributed by atoms with Crippen molar-refractivity contribution < 1.29 is 9.90 Å². The van der Waals surface area contributed by atoms with Crippen LogP contribution in [-0.4, -0.2) is 26.8 Å². The monoisotopic (exact) mass is 288 g/mol. The maximum atomic E-state index is 11.3. The van der Waals surface area contributed by atoms with Crippen LogP contribution >= 0.6 is 11.8 Å². The first-order valence-electron chi connectivity index (χ1n) is 6.31. The van der Waals surface area contributed by atoms with Gasteiger partial charge >= 0.3 is 5.97 Å². The van der Waals surface area contributed by atoms with Crippen LogP contribution in [0, 0.1) is 13.8 Å². The van der Waals surface area contributed by atoms with Crippen molar-refractivity contribution in [2.24, 2.45) is 0 Å². The number of hydrogen-bond donors (Lipinski definition) is 1. The smallest absolute Gasteiger partial charge is 0.338 e. The number of hydrogen-bond acceptors (Lipinski definition) is 4. The maximum absolute atomic E-state index is 11.3. The largest absolute Gasteiger partial charge is 0.478 e. The van der Waals surface area contributed by atoms with Crippen LogP contribution in [0.15, 0.2) is 35.6 Å². The molecule has 4 nitrogen and oxygen atoms in total. The van der Waals surface area contributed by atoms with Crippen molar-refractivity contribution in [2.45, 2.75) is 25.3 Å². The maximum Gasteiger partial charge on any atom is 0.338 e. The van der Waals surface area contributed by atoms with E-state index in [1.165, 1.54) is 17.3 Å². The molecule has 0 atom stereocenters. The van der Waals surface area contributed by atoms with Gasteiger partial charge in [-0.15, -0.1) is 11.8 Å². The quantitative estimate of drug-likeness (QED) is 0.856. The Labute approximate surface area is 122 Å². The number of aromatic carboxylic acids is 1. The highest BCUT2D eigenvalue weighted by Crippen LogP contribution is 2.25. The van der Waals surface area contributed by atoms with Crippen molar-refractivity contribution in [3.8, 4) is 0 Å². The molecule has 0 radical (unpaired) electrons. The molecule has 5 heteroatoms. The van der Waals surface area contributed by atoms with Crippen LogP contribution in [0.5, 0.6) is 0 Å². The Morgan fingerprint density at radius 2 is 2.00 bits per heavy atom. The fraction of sp³-hybridized carbons (Fsp3) is 0.267. The van der Waals surface area contributed by atoms with Gasteiger partial charge in [0.2, 0.25) is 0 Å². The Balaban J connectivity index is 2.11. The molecule has 2 rings (SSSR count). The Kier molecular flexibility index (Phi) is 4.74. The summed E-state index contributed by atoms with van der Waals surface area (Å²) in [6.07, 6.45) is 4.39. The summed E-state index contributed by atoms with van der Waals surface area (Å²) in [4.78, 5) is 19.7. The van der Waals surface area contributed by atoms with E-state index in [4.69, 9.17) is 0 Å². The zero-order valence-electron chi connectivity index (χ0n) is 11.5. The first-order valence-corrected chi connectivity index (χ1v) is 7.29. The van der Waals surface area contributed by atoms with Gasteiger partial charge in [0.05, 0.1) is 5.56 Å². The van der Waals surface area contributed by atoms with Crippen LogP contribution in [0.2, 0.25) is 0 Å². The molecule has 0 aliphatic rings. The molecular formula is C15H16N2O2S. The van der Waals surface area contributed by atoms with Crippen LogP contribution in [0.25, 0.3) is 0 Å². The predicted molar refractivity (Wildman–Crippen MR) is 79.3 cm³/mol. The van der Waals surface area contributed by atoms with Crippen LogP contribution in [-0.2, 0) is 6.42 Å². The number of carboxylic acids is 1. The summed E-state index contributed by atoms with van der Waals surface area (Å²) in [5.74, 6) is -0.124. The SMILES string of the molecule is Cc1cc(C)c(C(=O)O)c(SCCc2ccncc2)n1. The average Bonchev–Trinajstić information content (AvgIpc) is 2.38. The fourth-order valence-electron chi connectivity index (χ4n) is 1.98. The number of aryl methyl sites for hydroxylation is 3. The van der Waals surface area contributed by atoms with E-state index in [-0.39, 0.29) is 0 Å². The lowest BCUT2D eigenvalue weighted by molar-refractivity contribution is 0.0691. The Morgan fingerprint density at radius 3 is 2.65 bits per heavy atom. The van der Waals surface area contributed by atoms with E-state index >= 15 is 0 Å². The van der Waals surface area contributed by atoms with Crippen molar-refractivity contribution in [3.63, 3.8) is 0 Å². The third-order valence-electron chi connectivity index (χ3n) is 2.90. The number of nitrogens with zero attached hydrogens (tertiary/aromatic N) is 2. The van der Waals surface area contributed by atoms with Crippen molar-refractivity contribution >= 4 is 17.7 Å². The van der Waals surface area contributed by atoms with E-state index in [2.05, 4.69) is 9.97 Å². The Morgan fingerprint density at radius 1 is 1.30 bits per heavy atom. The minimum atomic E-state index is -0.915. The highest BCUT2D eigenvalue weighted by Gasteiger charge is 2.15. The van der Waals surface area contributed by atoms with Gasteiger partial charge < -0.3 is 5.11 Å². The topological polar surface area (TPSA) is 63.1 Å². The van der Waals surface area contributed by atoms with E-state index in [9.17, 15) is 9.90 Å². The second-order valence-electron chi connectivity index (χ2n) is 4.52. The molecule has 0 fully saturated rings. The molecular weight excluding hydrogens is 272 g/mol. The van der Waals surface area contributed by atoms with Gasteiger partial charge in [-0.05, 0) is 49.6 Å². The van der Waals surface area contributed by atoms with Crippen molar-refractivity contribution in [3.05, 3.63) is 53.0 Å². The van der Waals surface area contributed by atoms with Gasteiger partial charge in [-0.1, -0.05) is 0 Å². The van der Waals surface area contributed by atoms with Crippen LogP contribution in [0.4, 0.5) is 0 Å². The third-order valence-corrected chi connectivity index (χ3v) is 3.88. The predicted octanol–water partition coefficient (Wildman–Crippen LogP) is 3.13. The molecule has 0 unspecified atom stereocenters. The van der Waals surface area contributed by atoms with Crippen LogP contribution < -0.4 is 0 Å². The average molecular weight is 288 g/mol. The van der Waals surface area contributed by atoms with Crippen molar-refractivity contribution in [2.75, 3.05) is 5.75 Å². The van der Waals surface area contributed by atoms with E-state index < -0.39 is 5.97 Å². The molecule has 0 saturated heterocycles. The number of rotatable bonds is 5.